The van der Waals surface area contributed by atoms with Gasteiger partial charge < -0.3 is 14.2 Å². The summed E-state index contributed by atoms with van der Waals surface area (Å²) in [6.45, 7) is 5.75. The van der Waals surface area contributed by atoms with Gasteiger partial charge in [0.15, 0.2) is 0 Å². The standard InChI is InChI=1S/C27H28N2O2S/c1-4-28-17-22(21-7-5-6-8-23(21)28)27(30)29-13-11-20-12-14-32-26(20)24(29)15-19-10-9-18(2)25(16-19)31-3/h5-10,12,14,16-17,24H,4,11,13,15H2,1-3H3. The van der Waals surface area contributed by atoms with E-state index in [1.807, 2.05) is 18.3 Å². The lowest BCUT2D eigenvalue weighted by Gasteiger charge is -2.36. The van der Waals surface area contributed by atoms with Gasteiger partial charge >= 0.3 is 0 Å². The smallest absolute Gasteiger partial charge is 0.256 e. The molecule has 1 aliphatic heterocycles. The minimum Gasteiger partial charge on any atom is -0.496 e. The molecular formula is C27H28N2O2S. The maximum atomic E-state index is 13.9. The maximum absolute atomic E-state index is 13.9. The van der Waals surface area contributed by atoms with Crippen molar-refractivity contribution in [2.24, 2.45) is 0 Å². The molecule has 2 aromatic heterocycles. The van der Waals surface area contributed by atoms with Crippen LogP contribution < -0.4 is 4.74 Å². The second-order valence-corrected chi connectivity index (χ2v) is 9.38. The monoisotopic (exact) mass is 444 g/mol. The predicted octanol–water partition coefficient (Wildman–Crippen LogP) is 6.02. The number of carbonyl (C=O) groups excluding carboxylic acids is 1. The summed E-state index contributed by atoms with van der Waals surface area (Å²) in [5.41, 5.74) is 5.60. The third-order valence-corrected chi connectivity index (χ3v) is 7.66. The number of benzene rings is 2. The number of rotatable bonds is 5. The molecule has 5 rings (SSSR count). The number of para-hydroxylation sites is 1. The number of ether oxygens (including phenoxy) is 1. The van der Waals surface area contributed by atoms with Crippen molar-refractivity contribution in [2.75, 3.05) is 13.7 Å². The van der Waals surface area contributed by atoms with Crippen molar-refractivity contribution in [1.29, 1.82) is 0 Å². The van der Waals surface area contributed by atoms with Crippen LogP contribution in [0.3, 0.4) is 0 Å². The molecule has 0 aliphatic carbocycles. The molecule has 1 atom stereocenters. The number of fused-ring (bicyclic) bond motifs is 2. The van der Waals surface area contributed by atoms with Crippen LogP contribution in [0.5, 0.6) is 5.75 Å². The molecule has 1 amide bonds. The molecule has 3 heterocycles. The molecule has 164 valence electrons. The fourth-order valence-corrected chi connectivity index (χ4v) is 5.95. The van der Waals surface area contributed by atoms with Gasteiger partial charge in [-0.15, -0.1) is 11.3 Å². The number of carbonyl (C=O) groups is 1. The largest absolute Gasteiger partial charge is 0.496 e. The van der Waals surface area contributed by atoms with Crippen molar-refractivity contribution < 1.29 is 9.53 Å². The third kappa shape index (κ3) is 3.51. The Labute approximate surface area is 193 Å². The van der Waals surface area contributed by atoms with Gasteiger partial charge in [-0.05, 0) is 67.0 Å². The van der Waals surface area contributed by atoms with Crippen LogP contribution in [0.1, 0.15) is 44.9 Å². The van der Waals surface area contributed by atoms with E-state index in [0.29, 0.717) is 0 Å². The zero-order valence-corrected chi connectivity index (χ0v) is 19.6. The molecule has 1 unspecified atom stereocenters. The van der Waals surface area contributed by atoms with Crippen molar-refractivity contribution in [3.8, 4) is 5.75 Å². The van der Waals surface area contributed by atoms with Crippen molar-refractivity contribution in [3.63, 3.8) is 0 Å². The molecule has 1 aliphatic rings. The molecule has 4 aromatic rings. The minimum absolute atomic E-state index is 0.0300. The van der Waals surface area contributed by atoms with Gasteiger partial charge in [0.1, 0.15) is 5.75 Å². The van der Waals surface area contributed by atoms with E-state index in [0.717, 1.165) is 53.7 Å². The Morgan fingerprint density at radius 2 is 2.03 bits per heavy atom. The van der Waals surface area contributed by atoms with E-state index in [1.54, 1.807) is 18.4 Å². The quantitative estimate of drug-likeness (QED) is 0.377. The highest BCUT2D eigenvalue weighted by Gasteiger charge is 2.33. The Kier molecular flexibility index (Phi) is 5.51. The summed E-state index contributed by atoms with van der Waals surface area (Å²) in [7, 11) is 1.71. The lowest BCUT2D eigenvalue weighted by molar-refractivity contribution is 0.0666. The molecule has 0 radical (unpaired) electrons. The highest BCUT2D eigenvalue weighted by Crippen LogP contribution is 2.38. The van der Waals surface area contributed by atoms with Gasteiger partial charge in [-0.3, -0.25) is 4.79 Å². The van der Waals surface area contributed by atoms with Gasteiger partial charge in [0.05, 0.1) is 18.7 Å². The number of amides is 1. The number of aromatic nitrogens is 1. The summed E-state index contributed by atoms with van der Waals surface area (Å²) in [4.78, 5) is 17.3. The number of hydrogen-bond acceptors (Lipinski definition) is 3. The molecule has 0 saturated carbocycles. The zero-order valence-electron chi connectivity index (χ0n) is 18.8. The predicted molar refractivity (Wildman–Crippen MR) is 131 cm³/mol. The summed E-state index contributed by atoms with van der Waals surface area (Å²) in [6.07, 6.45) is 3.72. The first-order valence-electron chi connectivity index (χ1n) is 11.2. The molecule has 32 heavy (non-hydrogen) atoms. The average molecular weight is 445 g/mol. The molecule has 0 N–H and O–H groups in total. The first-order chi connectivity index (χ1) is 15.6. The number of nitrogens with zero attached hydrogens (tertiary/aromatic N) is 2. The Balaban J connectivity index is 1.55. The van der Waals surface area contributed by atoms with E-state index in [-0.39, 0.29) is 11.9 Å². The van der Waals surface area contributed by atoms with Crippen LogP contribution in [0.4, 0.5) is 0 Å². The number of aryl methyl sites for hydroxylation is 2. The summed E-state index contributed by atoms with van der Waals surface area (Å²) in [5, 5.41) is 3.19. The summed E-state index contributed by atoms with van der Waals surface area (Å²) < 4.78 is 7.73. The van der Waals surface area contributed by atoms with Gasteiger partial charge in [0, 0.05) is 35.1 Å². The first-order valence-corrected chi connectivity index (χ1v) is 12.1. The van der Waals surface area contributed by atoms with E-state index in [9.17, 15) is 4.79 Å². The van der Waals surface area contributed by atoms with Crippen molar-refractivity contribution in [2.45, 2.75) is 39.3 Å². The Morgan fingerprint density at radius 3 is 2.84 bits per heavy atom. The first kappa shape index (κ1) is 20.8. The summed E-state index contributed by atoms with van der Waals surface area (Å²) >= 11 is 1.77. The SMILES string of the molecule is CCn1cc(C(=O)N2CCc3ccsc3C2Cc2ccc(C)c(OC)c2)c2ccccc21. The van der Waals surface area contributed by atoms with Crippen LogP contribution in [0, 0.1) is 6.92 Å². The Hall–Kier alpha value is -3.05. The Bertz CT molecular complexity index is 1290. The average Bonchev–Trinajstić information content (AvgIpc) is 3.45. The van der Waals surface area contributed by atoms with Crippen molar-refractivity contribution in [1.82, 2.24) is 9.47 Å². The van der Waals surface area contributed by atoms with Crippen molar-refractivity contribution in [3.05, 3.63) is 87.2 Å². The molecule has 0 bridgehead atoms. The van der Waals surface area contributed by atoms with Crippen LogP contribution in [-0.4, -0.2) is 29.0 Å². The van der Waals surface area contributed by atoms with Crippen LogP contribution in [0.15, 0.2) is 60.1 Å². The third-order valence-electron chi connectivity index (χ3n) is 6.60. The summed E-state index contributed by atoms with van der Waals surface area (Å²) in [5.74, 6) is 1.02. The molecule has 0 saturated heterocycles. The molecule has 5 heteroatoms. The minimum atomic E-state index is 0.0300. The maximum Gasteiger partial charge on any atom is 0.256 e. The highest BCUT2D eigenvalue weighted by molar-refractivity contribution is 7.10. The number of methoxy groups -OCH3 is 1. The van der Waals surface area contributed by atoms with E-state index >= 15 is 0 Å². The van der Waals surface area contributed by atoms with Gasteiger partial charge in [0.25, 0.3) is 5.91 Å². The van der Waals surface area contributed by atoms with Gasteiger partial charge in [-0.1, -0.05) is 30.3 Å². The topological polar surface area (TPSA) is 34.5 Å². The second-order valence-electron chi connectivity index (χ2n) is 8.43. The molecule has 0 fully saturated rings. The fourth-order valence-electron chi connectivity index (χ4n) is 4.88. The van der Waals surface area contributed by atoms with Gasteiger partial charge in [-0.25, -0.2) is 0 Å². The number of hydrogen-bond donors (Lipinski definition) is 0. The Morgan fingerprint density at radius 1 is 1.19 bits per heavy atom. The molecular weight excluding hydrogens is 416 g/mol. The summed E-state index contributed by atoms with van der Waals surface area (Å²) in [6, 6.07) is 16.8. The lowest BCUT2D eigenvalue weighted by Crippen LogP contribution is -2.40. The van der Waals surface area contributed by atoms with Gasteiger partial charge in [0.2, 0.25) is 0 Å². The van der Waals surface area contributed by atoms with E-state index < -0.39 is 0 Å². The van der Waals surface area contributed by atoms with Gasteiger partial charge in [-0.2, -0.15) is 0 Å². The lowest BCUT2D eigenvalue weighted by atomic mass is 9.94. The molecule has 0 spiro atoms. The molecule has 4 nitrogen and oxygen atoms in total. The zero-order chi connectivity index (χ0) is 22.2. The molecule has 2 aromatic carbocycles. The van der Waals surface area contributed by atoms with Crippen LogP contribution >= 0.6 is 11.3 Å². The second kappa shape index (κ2) is 8.47. The fraction of sp³-hybridized carbons (Fsp3) is 0.296. The van der Waals surface area contributed by atoms with E-state index in [4.69, 9.17) is 4.74 Å². The number of thiophene rings is 1. The van der Waals surface area contributed by atoms with Crippen molar-refractivity contribution >= 4 is 28.1 Å². The van der Waals surface area contributed by atoms with Crippen LogP contribution in [0.25, 0.3) is 10.9 Å². The van der Waals surface area contributed by atoms with E-state index in [2.05, 4.69) is 65.1 Å². The van der Waals surface area contributed by atoms with Crippen LogP contribution in [0.2, 0.25) is 0 Å². The van der Waals surface area contributed by atoms with E-state index in [1.165, 1.54) is 16.0 Å². The normalized spacial score (nSPS) is 15.7. The highest BCUT2D eigenvalue weighted by atomic mass is 32.1. The van der Waals surface area contributed by atoms with Crippen LogP contribution in [-0.2, 0) is 19.4 Å².